The average molecular weight is 77.1 g/mol. The normalized spacial score (nSPS) is 5.25. The van der Waals surface area contributed by atoms with E-state index in [0.29, 0.717) is 0 Å². The Kier molecular flexibility index (Phi) is 2.69. The highest BCUT2D eigenvalue weighted by molar-refractivity contribution is 7.75. The van der Waals surface area contributed by atoms with Gasteiger partial charge in [0.25, 0.3) is 0 Å². The van der Waals surface area contributed by atoms with Crippen molar-refractivity contribution in [2.24, 2.45) is 0 Å². The highest BCUT2D eigenvalue weighted by Gasteiger charge is 1.49. The van der Waals surface area contributed by atoms with E-state index >= 15 is 0 Å². The van der Waals surface area contributed by atoms with Crippen LogP contribution in [0.4, 0.5) is 0 Å². The molecule has 0 bridgehead atoms. The number of hydrogen-bond acceptors (Lipinski definition) is 2. The van der Waals surface area contributed by atoms with Gasteiger partial charge in [-0.15, -0.1) is 0 Å². The molecule has 0 atom stereocenters. The van der Waals surface area contributed by atoms with Crippen molar-refractivity contribution in [3.05, 3.63) is 0 Å². The van der Waals surface area contributed by atoms with Crippen molar-refractivity contribution >= 4 is 19.4 Å². The molecule has 0 saturated heterocycles. The minimum Gasteiger partial charge on any atom is -0.378 e. The van der Waals surface area contributed by atoms with Gasteiger partial charge in [-0.1, -0.05) is 0 Å². The molecule has 0 aromatic heterocycles. The van der Waals surface area contributed by atoms with Gasteiger partial charge in [-0.05, 0) is 0 Å². The molecule has 0 rings (SSSR count). The number of rotatable bonds is 1. The van der Waals surface area contributed by atoms with Gasteiger partial charge in [-0.3, -0.25) is 4.79 Å². The van der Waals surface area contributed by atoms with E-state index in [1.165, 1.54) is 0 Å². The molecule has 0 aromatic rings. The van der Waals surface area contributed by atoms with Gasteiger partial charge in [0, 0.05) is 0 Å². The maximum absolute atomic E-state index is 8.85. The van der Waals surface area contributed by atoms with E-state index in [-0.39, 0.29) is 6.47 Å². The van der Waals surface area contributed by atoms with Crippen LogP contribution in [0.1, 0.15) is 0 Å². The van der Waals surface area contributed by atoms with Crippen LogP contribution < -0.4 is 0 Å². The van der Waals surface area contributed by atoms with Gasteiger partial charge in [-0.25, -0.2) is 0 Å². The van der Waals surface area contributed by atoms with Crippen molar-refractivity contribution < 1.29 is 8.98 Å². The first kappa shape index (κ1) is 3.82. The second kappa shape index (κ2) is 2.82. The van der Waals surface area contributed by atoms with Gasteiger partial charge < -0.3 is 4.18 Å². The topological polar surface area (TPSA) is 26.3 Å². The fourth-order valence-corrected chi connectivity index (χ4v) is 0. The Morgan fingerprint density at radius 2 is 2.25 bits per heavy atom. The minimum absolute atomic E-state index is 0.190. The molecule has 23 valence electrons. The van der Waals surface area contributed by atoms with Gasteiger partial charge in [-0.2, -0.15) is 0 Å². The number of hydrogen-bond donors (Lipinski definition) is 0. The van der Waals surface area contributed by atoms with Crippen LogP contribution >= 0.6 is 12.9 Å². The molecule has 0 amide bonds. The molecule has 2 nitrogen and oxygen atoms in total. The highest BCUT2D eigenvalue weighted by Crippen LogP contribution is 1.60. The third-order valence-electron chi connectivity index (χ3n) is 0.0393. The number of carbonyl (C=O) groups is 1. The van der Waals surface area contributed by atoms with Crippen molar-refractivity contribution in [2.45, 2.75) is 0 Å². The Morgan fingerprint density at radius 3 is 2.25 bits per heavy atom. The summed E-state index contributed by atoms with van der Waals surface area (Å²) in [6, 6.07) is 0. The zero-order valence-corrected chi connectivity index (χ0v) is 2.62. The SMILES string of the molecule is O=CO[S]. The lowest BCUT2D eigenvalue weighted by Crippen LogP contribution is -1.57. The smallest absolute Gasteiger partial charge is 0.306 e. The Morgan fingerprint density at radius 1 is 2.00 bits per heavy atom. The van der Waals surface area contributed by atoms with Crippen molar-refractivity contribution in [2.75, 3.05) is 0 Å². The second-order valence-electron chi connectivity index (χ2n) is 0.192. The van der Waals surface area contributed by atoms with Gasteiger partial charge in [0.2, 0.25) is 0 Å². The monoisotopic (exact) mass is 77.0 g/mol. The van der Waals surface area contributed by atoms with E-state index in [2.05, 4.69) is 17.1 Å². The third kappa shape index (κ3) is 1.82. The summed E-state index contributed by atoms with van der Waals surface area (Å²) in [5, 5.41) is 0. The van der Waals surface area contributed by atoms with Gasteiger partial charge in [0.1, 0.15) is 0 Å². The van der Waals surface area contributed by atoms with E-state index in [0.717, 1.165) is 0 Å². The largest absolute Gasteiger partial charge is 0.378 e. The zero-order valence-electron chi connectivity index (χ0n) is 1.80. The third-order valence-corrected chi connectivity index (χ3v) is 0.118. The molecule has 0 saturated carbocycles. The predicted octanol–water partition coefficient (Wildman–Crippen LogP) is 0.272. The lowest BCUT2D eigenvalue weighted by Gasteiger charge is -1.60. The molecule has 1 radical (unpaired) electrons. The van der Waals surface area contributed by atoms with Gasteiger partial charge in [0.05, 0.1) is 0 Å². The number of carbonyl (C=O) groups excluding carboxylic acids is 1. The van der Waals surface area contributed by atoms with E-state index in [1.54, 1.807) is 0 Å². The maximum atomic E-state index is 8.85. The summed E-state index contributed by atoms with van der Waals surface area (Å²) in [6.07, 6.45) is 0. The van der Waals surface area contributed by atoms with E-state index in [9.17, 15) is 0 Å². The molecule has 0 N–H and O–H groups in total. The Labute approximate surface area is 29.4 Å². The van der Waals surface area contributed by atoms with Crippen LogP contribution in [0.5, 0.6) is 0 Å². The standard InChI is InChI=1S/CHO2S/c2-1-3-4/h1H. The molecule has 3 heteroatoms. The molecular weight excluding hydrogens is 76.1 g/mol. The quantitative estimate of drug-likeness (QED) is 0.420. The van der Waals surface area contributed by atoms with Crippen molar-refractivity contribution in [3.63, 3.8) is 0 Å². The van der Waals surface area contributed by atoms with Crippen molar-refractivity contribution in [3.8, 4) is 0 Å². The van der Waals surface area contributed by atoms with Crippen LogP contribution in [0.2, 0.25) is 0 Å². The molecule has 0 fully saturated rings. The summed E-state index contributed by atoms with van der Waals surface area (Å²) in [7, 11) is 0. The Hall–Kier alpha value is -0.180. The van der Waals surface area contributed by atoms with Crippen LogP contribution in [0.25, 0.3) is 0 Å². The first-order chi connectivity index (χ1) is 1.91. The predicted molar refractivity (Wildman–Crippen MR) is 14.7 cm³/mol. The summed E-state index contributed by atoms with van der Waals surface area (Å²) in [4.78, 5) is 8.85. The molecule has 0 unspecified atom stereocenters. The maximum Gasteiger partial charge on any atom is 0.306 e. The highest BCUT2D eigenvalue weighted by atomic mass is 32.1. The molecular formula is CHO2S. The molecule has 0 heterocycles. The van der Waals surface area contributed by atoms with Crippen LogP contribution in [0.15, 0.2) is 0 Å². The van der Waals surface area contributed by atoms with E-state index in [4.69, 9.17) is 4.79 Å². The lowest BCUT2D eigenvalue weighted by molar-refractivity contribution is -0.119. The molecule has 0 aromatic carbocycles. The van der Waals surface area contributed by atoms with Crippen LogP contribution in [-0.4, -0.2) is 6.47 Å². The molecule has 4 heavy (non-hydrogen) atoms. The summed E-state index contributed by atoms with van der Waals surface area (Å²) in [5.74, 6) is 0. The van der Waals surface area contributed by atoms with Gasteiger partial charge in [0.15, 0.2) is 12.9 Å². The first-order valence-electron chi connectivity index (χ1n) is 0.638. The van der Waals surface area contributed by atoms with Crippen molar-refractivity contribution in [1.82, 2.24) is 0 Å². The molecule has 0 aliphatic heterocycles. The van der Waals surface area contributed by atoms with E-state index in [1.807, 2.05) is 0 Å². The molecule has 0 aliphatic carbocycles. The zero-order chi connectivity index (χ0) is 3.41. The van der Waals surface area contributed by atoms with Crippen LogP contribution in [0, 0.1) is 0 Å². The van der Waals surface area contributed by atoms with Crippen LogP contribution in [-0.2, 0) is 8.98 Å². The second-order valence-corrected chi connectivity index (χ2v) is 0.385. The summed E-state index contributed by atoms with van der Waals surface area (Å²) < 4.78 is 3.44. The fraction of sp³-hybridized carbons (Fsp3) is 0. The minimum atomic E-state index is 0.190. The molecule has 0 aliphatic rings. The van der Waals surface area contributed by atoms with E-state index < -0.39 is 0 Å². The Balaban J connectivity index is 2.30. The first-order valence-corrected chi connectivity index (χ1v) is 0.971. The van der Waals surface area contributed by atoms with Crippen LogP contribution in [0.3, 0.4) is 0 Å². The summed E-state index contributed by atoms with van der Waals surface area (Å²) >= 11 is 3.69. The summed E-state index contributed by atoms with van der Waals surface area (Å²) in [6.45, 7) is 0.190. The Bertz CT molecular complexity index is 20.0. The fourth-order valence-electron chi connectivity index (χ4n) is 0. The lowest BCUT2D eigenvalue weighted by atomic mass is 11.7. The summed E-state index contributed by atoms with van der Waals surface area (Å²) in [5.41, 5.74) is 0. The molecule has 0 spiro atoms. The van der Waals surface area contributed by atoms with Crippen molar-refractivity contribution in [1.29, 1.82) is 0 Å². The van der Waals surface area contributed by atoms with Gasteiger partial charge >= 0.3 is 6.47 Å². The average Bonchev–Trinajstić information content (AvgIpc) is 1.37.